The van der Waals surface area contributed by atoms with E-state index in [0.717, 1.165) is 9.13 Å². The number of hydrogen-bond donors (Lipinski definition) is 2. The Balaban J connectivity index is 1.98. The molecule has 2 aromatic rings. The molecule has 0 saturated carbocycles. The summed E-state index contributed by atoms with van der Waals surface area (Å²) >= 11 is 0. The second-order valence-corrected chi connectivity index (χ2v) is 5.76. The fraction of sp³-hybridized carbons (Fsp3) is 0.375. The molecule has 0 aliphatic heterocycles. The van der Waals surface area contributed by atoms with Crippen LogP contribution < -0.4 is 20.9 Å². The summed E-state index contributed by atoms with van der Waals surface area (Å²) in [6.07, 6.45) is 2.65. The third-order valence-electron chi connectivity index (χ3n) is 3.43. The molecule has 0 unspecified atom stereocenters. The van der Waals surface area contributed by atoms with Gasteiger partial charge in [-0.15, -0.1) is 0 Å². The van der Waals surface area contributed by atoms with Gasteiger partial charge in [0, 0.05) is 23.5 Å². The molecule has 150 valence electrons. The summed E-state index contributed by atoms with van der Waals surface area (Å²) in [4.78, 5) is 52.3. The number of carboxylic acid groups (broad SMARTS) is 2. The van der Waals surface area contributed by atoms with E-state index >= 15 is 0 Å². The molecule has 0 atom stereocenters. The zero-order valence-corrected chi connectivity index (χ0v) is 15.1. The third-order valence-corrected chi connectivity index (χ3v) is 3.43. The number of carbonyl (C=O) groups is 2. The standard InChI is InChI=1S/C16H18N4O8/c1-9-5-19(7-11(21)22)15(25)17-13(9)27-3-4-28-14-10(2)6-20(8-12(23)24)16(26)18-14/h5-6H,3-4,7-8H2,1-2H3,(H,21,22)(H,23,24). The normalized spacial score (nSPS) is 10.5. The Hall–Kier alpha value is -3.70. The topological polar surface area (TPSA) is 163 Å². The monoisotopic (exact) mass is 394 g/mol. The van der Waals surface area contributed by atoms with Crippen LogP contribution in [0.5, 0.6) is 11.8 Å². The number of hydrogen-bond acceptors (Lipinski definition) is 8. The molecule has 12 heteroatoms. The predicted octanol–water partition coefficient (Wildman–Crippen LogP) is -0.956. The van der Waals surface area contributed by atoms with Crippen molar-refractivity contribution < 1.29 is 29.3 Å². The van der Waals surface area contributed by atoms with Crippen LogP contribution in [0.15, 0.2) is 22.0 Å². The number of aliphatic carboxylic acids is 2. The first-order valence-corrected chi connectivity index (χ1v) is 8.02. The van der Waals surface area contributed by atoms with E-state index in [1.165, 1.54) is 12.4 Å². The minimum Gasteiger partial charge on any atom is -0.480 e. The maximum Gasteiger partial charge on any atom is 0.351 e. The zero-order chi connectivity index (χ0) is 20.8. The van der Waals surface area contributed by atoms with Crippen LogP contribution in [0.25, 0.3) is 0 Å². The van der Waals surface area contributed by atoms with Gasteiger partial charge in [-0.2, -0.15) is 9.97 Å². The van der Waals surface area contributed by atoms with Crippen molar-refractivity contribution in [1.29, 1.82) is 0 Å². The van der Waals surface area contributed by atoms with Crippen LogP contribution in [-0.2, 0) is 22.7 Å². The van der Waals surface area contributed by atoms with E-state index in [1.807, 2.05) is 0 Å². The molecule has 2 aromatic heterocycles. The lowest BCUT2D eigenvalue weighted by atomic mass is 10.3. The number of aromatic nitrogens is 4. The van der Waals surface area contributed by atoms with Crippen molar-refractivity contribution in [3.63, 3.8) is 0 Å². The lowest BCUT2D eigenvalue weighted by Gasteiger charge is -2.12. The first-order chi connectivity index (χ1) is 13.2. The molecule has 0 fully saturated rings. The van der Waals surface area contributed by atoms with Crippen LogP contribution in [0.2, 0.25) is 0 Å². The van der Waals surface area contributed by atoms with Gasteiger partial charge in [0.2, 0.25) is 11.8 Å². The van der Waals surface area contributed by atoms with Gasteiger partial charge in [-0.05, 0) is 13.8 Å². The van der Waals surface area contributed by atoms with Crippen molar-refractivity contribution in [2.75, 3.05) is 13.2 Å². The van der Waals surface area contributed by atoms with E-state index in [0.29, 0.717) is 11.1 Å². The molecular formula is C16H18N4O8. The smallest absolute Gasteiger partial charge is 0.351 e. The molecule has 2 N–H and O–H groups in total. The molecule has 2 rings (SSSR count). The number of carboxylic acids is 2. The lowest BCUT2D eigenvalue weighted by Crippen LogP contribution is -2.28. The molecule has 2 heterocycles. The highest BCUT2D eigenvalue weighted by Crippen LogP contribution is 2.12. The Morgan fingerprint density at radius 3 is 1.54 bits per heavy atom. The highest BCUT2D eigenvalue weighted by molar-refractivity contribution is 5.66. The van der Waals surface area contributed by atoms with Gasteiger partial charge >= 0.3 is 23.3 Å². The van der Waals surface area contributed by atoms with Gasteiger partial charge in [-0.25, -0.2) is 9.59 Å². The molecule has 0 amide bonds. The Morgan fingerprint density at radius 2 is 1.21 bits per heavy atom. The summed E-state index contributed by atoms with van der Waals surface area (Å²) in [5.41, 5.74) is -0.593. The van der Waals surface area contributed by atoms with Gasteiger partial charge in [-0.3, -0.25) is 18.7 Å². The van der Waals surface area contributed by atoms with Crippen LogP contribution >= 0.6 is 0 Å². The maximum atomic E-state index is 11.8. The van der Waals surface area contributed by atoms with Crippen LogP contribution in [0.4, 0.5) is 0 Å². The molecule has 0 aliphatic rings. The summed E-state index contributed by atoms with van der Waals surface area (Å²) in [5.74, 6) is -2.26. The Kier molecular flexibility index (Phi) is 6.47. The number of nitrogens with zero attached hydrogens (tertiary/aromatic N) is 4. The molecule has 0 spiro atoms. The molecule has 0 saturated heterocycles. The fourth-order valence-corrected chi connectivity index (χ4v) is 2.25. The molecule has 0 aliphatic carbocycles. The second kappa shape index (κ2) is 8.79. The first kappa shape index (κ1) is 20.6. The minimum atomic E-state index is -1.17. The van der Waals surface area contributed by atoms with Gasteiger partial charge in [0.15, 0.2) is 0 Å². The van der Waals surface area contributed by atoms with Crippen molar-refractivity contribution in [2.24, 2.45) is 0 Å². The molecule has 0 aromatic carbocycles. The average molecular weight is 394 g/mol. The summed E-state index contributed by atoms with van der Waals surface area (Å²) < 4.78 is 12.6. The van der Waals surface area contributed by atoms with E-state index < -0.39 is 36.4 Å². The maximum absolute atomic E-state index is 11.8. The van der Waals surface area contributed by atoms with E-state index in [9.17, 15) is 19.2 Å². The van der Waals surface area contributed by atoms with Crippen molar-refractivity contribution in [1.82, 2.24) is 19.1 Å². The minimum absolute atomic E-state index is 0.0183. The first-order valence-electron chi connectivity index (χ1n) is 8.02. The third kappa shape index (κ3) is 5.40. The van der Waals surface area contributed by atoms with Crippen LogP contribution in [0.3, 0.4) is 0 Å². The molecular weight excluding hydrogens is 376 g/mol. The predicted molar refractivity (Wildman–Crippen MR) is 92.7 cm³/mol. The van der Waals surface area contributed by atoms with Gasteiger partial charge in [0.25, 0.3) is 0 Å². The Morgan fingerprint density at radius 1 is 0.857 bits per heavy atom. The van der Waals surface area contributed by atoms with E-state index in [-0.39, 0.29) is 25.0 Å². The van der Waals surface area contributed by atoms with E-state index in [2.05, 4.69) is 9.97 Å². The average Bonchev–Trinajstić information content (AvgIpc) is 2.58. The van der Waals surface area contributed by atoms with Crippen molar-refractivity contribution in [2.45, 2.75) is 26.9 Å². The molecule has 28 heavy (non-hydrogen) atoms. The Labute approximate surface area is 157 Å². The summed E-state index contributed by atoms with van der Waals surface area (Å²) in [5, 5.41) is 17.5. The molecule has 0 radical (unpaired) electrons. The van der Waals surface area contributed by atoms with Crippen LogP contribution in [0, 0.1) is 13.8 Å². The highest BCUT2D eigenvalue weighted by Gasteiger charge is 2.11. The fourth-order valence-electron chi connectivity index (χ4n) is 2.25. The van der Waals surface area contributed by atoms with Crippen molar-refractivity contribution in [3.05, 3.63) is 44.5 Å². The quantitative estimate of drug-likeness (QED) is 0.507. The molecule has 0 bridgehead atoms. The van der Waals surface area contributed by atoms with Gasteiger partial charge in [0.1, 0.15) is 26.3 Å². The van der Waals surface area contributed by atoms with E-state index in [4.69, 9.17) is 19.7 Å². The summed E-state index contributed by atoms with van der Waals surface area (Å²) in [6.45, 7) is 2.16. The second-order valence-electron chi connectivity index (χ2n) is 5.76. The largest absolute Gasteiger partial charge is 0.480 e. The zero-order valence-electron chi connectivity index (χ0n) is 15.1. The highest BCUT2D eigenvalue weighted by atomic mass is 16.5. The number of ether oxygens (including phenoxy) is 2. The van der Waals surface area contributed by atoms with Crippen molar-refractivity contribution >= 4 is 11.9 Å². The molecule has 12 nitrogen and oxygen atoms in total. The number of rotatable bonds is 9. The van der Waals surface area contributed by atoms with Crippen LogP contribution in [-0.4, -0.2) is 54.5 Å². The lowest BCUT2D eigenvalue weighted by molar-refractivity contribution is -0.138. The SMILES string of the molecule is Cc1cn(CC(=O)O)c(=O)nc1OCCOc1nc(=O)n(CC(=O)O)cc1C. The summed E-state index contributed by atoms with van der Waals surface area (Å²) in [6, 6.07) is 0. The van der Waals surface area contributed by atoms with Gasteiger partial charge in [-0.1, -0.05) is 0 Å². The number of aryl methyl sites for hydroxylation is 2. The van der Waals surface area contributed by atoms with Gasteiger partial charge < -0.3 is 19.7 Å². The summed E-state index contributed by atoms with van der Waals surface area (Å²) in [7, 11) is 0. The van der Waals surface area contributed by atoms with Crippen LogP contribution in [0.1, 0.15) is 11.1 Å². The Bertz CT molecular complexity index is 929. The van der Waals surface area contributed by atoms with Gasteiger partial charge in [0.05, 0.1) is 0 Å². The van der Waals surface area contributed by atoms with E-state index in [1.54, 1.807) is 13.8 Å². The van der Waals surface area contributed by atoms with Crippen molar-refractivity contribution in [3.8, 4) is 11.8 Å².